The third-order valence-corrected chi connectivity index (χ3v) is 2.41. The van der Waals surface area contributed by atoms with E-state index >= 15 is 0 Å². The first kappa shape index (κ1) is 13.1. The molecule has 100 valence electrons. The summed E-state index contributed by atoms with van der Waals surface area (Å²) in [6, 6.07) is 9.52. The SMILES string of the molecule is Cc1nc(NC(=O)CCCOc2ccccc2)n[nH]1. The minimum absolute atomic E-state index is 0.115. The maximum absolute atomic E-state index is 11.6. The molecule has 1 aromatic heterocycles. The summed E-state index contributed by atoms with van der Waals surface area (Å²) in [7, 11) is 0. The monoisotopic (exact) mass is 260 g/mol. The van der Waals surface area contributed by atoms with Crippen LogP contribution in [-0.4, -0.2) is 27.7 Å². The number of rotatable bonds is 6. The number of nitrogens with zero attached hydrogens (tertiary/aromatic N) is 2. The first-order chi connectivity index (χ1) is 9.24. The van der Waals surface area contributed by atoms with Crippen LogP contribution in [0.4, 0.5) is 5.95 Å². The highest BCUT2D eigenvalue weighted by Gasteiger charge is 2.05. The molecule has 0 aliphatic heterocycles. The first-order valence-corrected chi connectivity index (χ1v) is 6.11. The smallest absolute Gasteiger partial charge is 0.248 e. The van der Waals surface area contributed by atoms with Crippen molar-refractivity contribution < 1.29 is 9.53 Å². The van der Waals surface area contributed by atoms with E-state index < -0.39 is 0 Å². The van der Waals surface area contributed by atoms with Gasteiger partial charge in [0.15, 0.2) is 0 Å². The number of hydrogen-bond donors (Lipinski definition) is 2. The van der Waals surface area contributed by atoms with E-state index in [1.54, 1.807) is 6.92 Å². The quantitative estimate of drug-likeness (QED) is 0.777. The van der Waals surface area contributed by atoms with Gasteiger partial charge in [-0.1, -0.05) is 18.2 Å². The summed E-state index contributed by atoms with van der Waals surface area (Å²) in [6.45, 7) is 2.28. The van der Waals surface area contributed by atoms with Crippen molar-refractivity contribution in [2.24, 2.45) is 0 Å². The molecule has 2 N–H and O–H groups in total. The Labute approximate surface area is 111 Å². The van der Waals surface area contributed by atoms with E-state index in [0.29, 0.717) is 31.2 Å². The number of hydrogen-bond acceptors (Lipinski definition) is 4. The molecule has 0 radical (unpaired) electrons. The third kappa shape index (κ3) is 4.42. The summed E-state index contributed by atoms with van der Waals surface area (Å²) in [5.41, 5.74) is 0. The molecule has 0 unspecified atom stereocenters. The van der Waals surface area contributed by atoms with E-state index in [0.717, 1.165) is 5.75 Å². The predicted molar refractivity (Wildman–Crippen MR) is 70.9 cm³/mol. The highest BCUT2D eigenvalue weighted by Crippen LogP contribution is 2.09. The van der Waals surface area contributed by atoms with E-state index in [2.05, 4.69) is 20.5 Å². The molecule has 1 amide bonds. The number of carbonyl (C=O) groups is 1. The van der Waals surface area contributed by atoms with Crippen LogP contribution in [0.5, 0.6) is 5.75 Å². The Morgan fingerprint density at radius 1 is 1.37 bits per heavy atom. The summed E-state index contributed by atoms with van der Waals surface area (Å²) in [4.78, 5) is 15.6. The van der Waals surface area contributed by atoms with Crippen LogP contribution in [0, 0.1) is 6.92 Å². The molecule has 0 atom stereocenters. The Bertz CT molecular complexity index is 524. The van der Waals surface area contributed by atoms with Crippen LogP contribution >= 0.6 is 0 Å². The topological polar surface area (TPSA) is 79.9 Å². The number of amides is 1. The molecule has 0 bridgehead atoms. The first-order valence-electron chi connectivity index (χ1n) is 6.11. The van der Waals surface area contributed by atoms with Gasteiger partial charge in [0, 0.05) is 6.42 Å². The van der Waals surface area contributed by atoms with Gasteiger partial charge in [-0.05, 0) is 25.5 Å². The number of H-pyrrole nitrogens is 1. The van der Waals surface area contributed by atoms with Crippen molar-refractivity contribution in [1.29, 1.82) is 0 Å². The van der Waals surface area contributed by atoms with Gasteiger partial charge >= 0.3 is 0 Å². The number of aromatic amines is 1. The summed E-state index contributed by atoms with van der Waals surface area (Å²) < 4.78 is 5.49. The third-order valence-electron chi connectivity index (χ3n) is 2.41. The van der Waals surface area contributed by atoms with E-state index in [1.165, 1.54) is 0 Å². The number of para-hydroxylation sites is 1. The maximum atomic E-state index is 11.6. The predicted octanol–water partition coefficient (Wildman–Crippen LogP) is 1.91. The number of benzene rings is 1. The Morgan fingerprint density at radius 3 is 2.84 bits per heavy atom. The van der Waals surface area contributed by atoms with Crippen molar-refractivity contribution in [3.05, 3.63) is 36.2 Å². The van der Waals surface area contributed by atoms with Gasteiger partial charge in [0.25, 0.3) is 0 Å². The minimum atomic E-state index is -0.115. The molecule has 19 heavy (non-hydrogen) atoms. The largest absolute Gasteiger partial charge is 0.494 e. The van der Waals surface area contributed by atoms with Crippen molar-refractivity contribution in [2.45, 2.75) is 19.8 Å². The normalized spacial score (nSPS) is 10.2. The molecule has 6 nitrogen and oxygen atoms in total. The van der Waals surface area contributed by atoms with E-state index in [9.17, 15) is 4.79 Å². The number of ether oxygens (including phenoxy) is 1. The Hall–Kier alpha value is -2.37. The molecule has 0 fully saturated rings. The highest BCUT2D eigenvalue weighted by molar-refractivity contribution is 5.88. The Kier molecular flexibility index (Phi) is 4.49. The molecule has 2 aromatic rings. The fraction of sp³-hybridized carbons (Fsp3) is 0.308. The molecular formula is C13H16N4O2. The number of anilines is 1. The zero-order chi connectivity index (χ0) is 13.5. The summed E-state index contributed by atoms with van der Waals surface area (Å²) >= 11 is 0. The molecule has 1 aromatic carbocycles. The van der Waals surface area contributed by atoms with Gasteiger partial charge in [0.1, 0.15) is 11.6 Å². The van der Waals surface area contributed by atoms with Crippen molar-refractivity contribution in [1.82, 2.24) is 15.2 Å². The molecular weight excluding hydrogens is 244 g/mol. The summed E-state index contributed by atoms with van der Waals surface area (Å²) in [5.74, 6) is 1.68. The zero-order valence-corrected chi connectivity index (χ0v) is 10.7. The molecule has 0 saturated heterocycles. The number of aromatic nitrogens is 3. The lowest BCUT2D eigenvalue weighted by atomic mass is 10.3. The van der Waals surface area contributed by atoms with E-state index in [-0.39, 0.29) is 5.91 Å². The second-order valence-electron chi connectivity index (χ2n) is 4.06. The molecule has 0 spiro atoms. The lowest BCUT2D eigenvalue weighted by Crippen LogP contribution is -2.13. The van der Waals surface area contributed by atoms with Crippen LogP contribution < -0.4 is 10.1 Å². The Balaban J connectivity index is 1.64. The van der Waals surface area contributed by atoms with Crippen LogP contribution in [-0.2, 0) is 4.79 Å². The van der Waals surface area contributed by atoms with Gasteiger partial charge in [-0.15, -0.1) is 5.10 Å². The Morgan fingerprint density at radius 2 is 2.16 bits per heavy atom. The highest BCUT2D eigenvalue weighted by atomic mass is 16.5. The van der Waals surface area contributed by atoms with Gasteiger partial charge in [0.2, 0.25) is 11.9 Å². The molecule has 1 heterocycles. The lowest BCUT2D eigenvalue weighted by molar-refractivity contribution is -0.116. The van der Waals surface area contributed by atoms with Crippen molar-refractivity contribution in [2.75, 3.05) is 11.9 Å². The maximum Gasteiger partial charge on any atom is 0.248 e. The summed E-state index contributed by atoms with van der Waals surface area (Å²) in [5, 5.41) is 9.11. The van der Waals surface area contributed by atoms with E-state index in [4.69, 9.17) is 4.74 Å². The number of carbonyl (C=O) groups excluding carboxylic acids is 1. The minimum Gasteiger partial charge on any atom is -0.494 e. The van der Waals surface area contributed by atoms with Crippen LogP contribution in [0.25, 0.3) is 0 Å². The van der Waals surface area contributed by atoms with Crippen molar-refractivity contribution >= 4 is 11.9 Å². The van der Waals surface area contributed by atoms with Crippen molar-refractivity contribution in [3.8, 4) is 5.75 Å². The van der Waals surface area contributed by atoms with Crippen molar-refractivity contribution in [3.63, 3.8) is 0 Å². The molecule has 0 aliphatic rings. The number of nitrogens with one attached hydrogen (secondary N) is 2. The summed E-state index contributed by atoms with van der Waals surface area (Å²) in [6.07, 6.45) is 1.02. The molecule has 6 heteroatoms. The van der Waals surface area contributed by atoms with Gasteiger partial charge in [-0.25, -0.2) is 0 Å². The lowest BCUT2D eigenvalue weighted by Gasteiger charge is -2.05. The van der Waals surface area contributed by atoms with Crippen LogP contribution in [0.15, 0.2) is 30.3 Å². The average molecular weight is 260 g/mol. The van der Waals surface area contributed by atoms with Crippen LogP contribution in [0.3, 0.4) is 0 Å². The number of aryl methyl sites for hydroxylation is 1. The second kappa shape index (κ2) is 6.53. The average Bonchev–Trinajstić information content (AvgIpc) is 2.81. The van der Waals surface area contributed by atoms with E-state index in [1.807, 2.05) is 30.3 Å². The van der Waals surface area contributed by atoms with Gasteiger partial charge in [0.05, 0.1) is 6.61 Å². The molecule has 0 saturated carbocycles. The molecule has 2 rings (SSSR count). The van der Waals surface area contributed by atoms with Crippen LogP contribution in [0.1, 0.15) is 18.7 Å². The fourth-order valence-electron chi connectivity index (χ4n) is 1.53. The molecule has 0 aliphatic carbocycles. The second-order valence-corrected chi connectivity index (χ2v) is 4.06. The van der Waals surface area contributed by atoms with Crippen LogP contribution in [0.2, 0.25) is 0 Å². The van der Waals surface area contributed by atoms with Gasteiger partial charge < -0.3 is 4.74 Å². The van der Waals surface area contributed by atoms with Gasteiger partial charge in [-0.2, -0.15) is 4.98 Å². The fourth-order valence-corrected chi connectivity index (χ4v) is 1.53. The zero-order valence-electron chi connectivity index (χ0n) is 10.7. The van der Waals surface area contributed by atoms with Gasteiger partial charge in [-0.3, -0.25) is 15.2 Å². The standard InChI is InChI=1S/C13H16N4O2/c1-10-14-13(17-16-10)15-12(18)8-5-9-19-11-6-3-2-4-7-11/h2-4,6-7H,5,8-9H2,1H3,(H2,14,15,16,17,18).